The largest absolute Gasteiger partial charge is 0.461 e. The van der Waals surface area contributed by atoms with E-state index in [9.17, 15) is 18.7 Å². The van der Waals surface area contributed by atoms with E-state index in [1.807, 2.05) is 0 Å². The number of carbonyl (C=O) groups is 1. The molecular weight excluding hydrogens is 226 g/mol. The molecule has 0 amide bonds. The Bertz CT molecular complexity index is 238. The Labute approximate surface area is 92.3 Å². The van der Waals surface area contributed by atoms with E-state index in [1.165, 1.54) is 6.92 Å². The molecule has 0 fully saturated rings. The zero-order valence-electron chi connectivity index (χ0n) is 9.62. The van der Waals surface area contributed by atoms with Crippen LogP contribution in [0.3, 0.4) is 0 Å². The number of alkyl halides is 2. The highest BCUT2D eigenvalue weighted by molar-refractivity contribution is 5.79. The first-order valence-electron chi connectivity index (χ1n) is 4.58. The summed E-state index contributed by atoms with van der Waals surface area (Å²) in [5.74, 6) is -5.95. The zero-order valence-corrected chi connectivity index (χ0v) is 9.62. The van der Waals surface area contributed by atoms with Crippen LogP contribution in [0.4, 0.5) is 8.78 Å². The second kappa shape index (κ2) is 5.51. The highest BCUT2D eigenvalue weighted by Gasteiger charge is 2.61. The van der Waals surface area contributed by atoms with Gasteiger partial charge in [-0.1, -0.05) is 0 Å². The SMILES string of the molecule is CCOC(=O)C(F)(F)C(C)(O)C(OC)OC. The van der Waals surface area contributed by atoms with Crippen LogP contribution in [0.5, 0.6) is 0 Å². The van der Waals surface area contributed by atoms with Gasteiger partial charge in [0.2, 0.25) is 0 Å². The van der Waals surface area contributed by atoms with E-state index in [0.717, 1.165) is 21.1 Å². The van der Waals surface area contributed by atoms with Crippen molar-refractivity contribution in [2.24, 2.45) is 0 Å². The fourth-order valence-corrected chi connectivity index (χ4v) is 1.13. The van der Waals surface area contributed by atoms with Gasteiger partial charge in [-0.25, -0.2) is 4.79 Å². The average Bonchev–Trinajstić information content (AvgIpc) is 2.19. The molecule has 0 aromatic rings. The number of hydrogen-bond donors (Lipinski definition) is 1. The molecule has 0 rings (SSSR count). The Balaban J connectivity index is 5.02. The predicted octanol–water partition coefficient (Wildman–Crippen LogP) is 0.555. The van der Waals surface area contributed by atoms with Gasteiger partial charge in [-0.05, 0) is 13.8 Å². The molecule has 1 N–H and O–H groups in total. The number of rotatable bonds is 6. The summed E-state index contributed by atoms with van der Waals surface area (Å²) in [6.07, 6.45) is -1.65. The van der Waals surface area contributed by atoms with Crippen molar-refractivity contribution in [2.45, 2.75) is 31.7 Å². The number of halogens is 2. The third-order valence-electron chi connectivity index (χ3n) is 2.05. The first-order chi connectivity index (χ1) is 7.25. The lowest BCUT2D eigenvalue weighted by Crippen LogP contribution is -2.59. The van der Waals surface area contributed by atoms with Crippen LogP contribution in [0.1, 0.15) is 13.8 Å². The molecular formula is C9H16F2O5. The van der Waals surface area contributed by atoms with E-state index < -0.39 is 23.8 Å². The molecule has 16 heavy (non-hydrogen) atoms. The van der Waals surface area contributed by atoms with E-state index in [0.29, 0.717) is 0 Å². The summed E-state index contributed by atoms with van der Waals surface area (Å²) in [6.45, 7) is 1.91. The van der Waals surface area contributed by atoms with E-state index >= 15 is 0 Å². The first kappa shape index (κ1) is 15.2. The van der Waals surface area contributed by atoms with Crippen molar-refractivity contribution in [3.8, 4) is 0 Å². The third-order valence-corrected chi connectivity index (χ3v) is 2.05. The number of ether oxygens (including phenoxy) is 3. The van der Waals surface area contributed by atoms with Crippen molar-refractivity contribution in [1.82, 2.24) is 0 Å². The molecule has 0 aliphatic carbocycles. The highest BCUT2D eigenvalue weighted by Crippen LogP contribution is 2.34. The molecule has 0 spiro atoms. The maximum atomic E-state index is 13.5. The summed E-state index contributed by atoms with van der Waals surface area (Å²) in [4.78, 5) is 11.0. The van der Waals surface area contributed by atoms with Crippen molar-refractivity contribution >= 4 is 5.97 Å². The lowest BCUT2D eigenvalue weighted by Gasteiger charge is -2.35. The molecule has 0 radical (unpaired) electrons. The monoisotopic (exact) mass is 242 g/mol. The van der Waals surface area contributed by atoms with Crippen LogP contribution in [-0.2, 0) is 19.0 Å². The Morgan fingerprint density at radius 1 is 1.38 bits per heavy atom. The van der Waals surface area contributed by atoms with Crippen LogP contribution in [0, 0.1) is 0 Å². The summed E-state index contributed by atoms with van der Waals surface area (Å²) in [6, 6.07) is 0. The van der Waals surface area contributed by atoms with Gasteiger partial charge >= 0.3 is 11.9 Å². The van der Waals surface area contributed by atoms with Crippen molar-refractivity contribution in [3.05, 3.63) is 0 Å². The Hall–Kier alpha value is -0.790. The summed E-state index contributed by atoms with van der Waals surface area (Å²) in [5.41, 5.74) is -2.82. The Morgan fingerprint density at radius 2 is 1.81 bits per heavy atom. The molecule has 0 saturated heterocycles. The van der Waals surface area contributed by atoms with Gasteiger partial charge in [0, 0.05) is 14.2 Å². The number of methoxy groups -OCH3 is 2. The maximum absolute atomic E-state index is 13.5. The minimum Gasteiger partial charge on any atom is -0.461 e. The summed E-state index contributed by atoms with van der Waals surface area (Å²) >= 11 is 0. The fraction of sp³-hybridized carbons (Fsp3) is 0.889. The van der Waals surface area contributed by atoms with E-state index in [1.54, 1.807) is 0 Å². The fourth-order valence-electron chi connectivity index (χ4n) is 1.13. The van der Waals surface area contributed by atoms with Crippen LogP contribution in [-0.4, -0.2) is 49.7 Å². The number of esters is 1. The number of aliphatic hydroxyl groups is 1. The third kappa shape index (κ3) is 2.66. The number of carbonyl (C=O) groups excluding carboxylic acids is 1. The normalized spacial score (nSPS) is 16.0. The minimum absolute atomic E-state index is 0.213. The first-order valence-corrected chi connectivity index (χ1v) is 4.58. The molecule has 0 aliphatic heterocycles. The molecule has 1 atom stereocenters. The van der Waals surface area contributed by atoms with Crippen LogP contribution >= 0.6 is 0 Å². The Morgan fingerprint density at radius 3 is 2.12 bits per heavy atom. The molecule has 0 heterocycles. The molecule has 5 nitrogen and oxygen atoms in total. The van der Waals surface area contributed by atoms with Crippen molar-refractivity contribution in [3.63, 3.8) is 0 Å². The van der Waals surface area contributed by atoms with E-state index in [2.05, 4.69) is 14.2 Å². The molecule has 0 bridgehead atoms. The van der Waals surface area contributed by atoms with Crippen LogP contribution in [0.2, 0.25) is 0 Å². The molecule has 0 saturated carbocycles. The topological polar surface area (TPSA) is 65.0 Å². The van der Waals surface area contributed by atoms with Crippen LogP contribution in [0.25, 0.3) is 0 Å². The van der Waals surface area contributed by atoms with Gasteiger partial charge < -0.3 is 19.3 Å². The second-order valence-electron chi connectivity index (χ2n) is 3.25. The predicted molar refractivity (Wildman–Crippen MR) is 50.0 cm³/mol. The van der Waals surface area contributed by atoms with Gasteiger partial charge in [0.05, 0.1) is 6.61 Å². The van der Waals surface area contributed by atoms with E-state index in [4.69, 9.17) is 0 Å². The summed E-state index contributed by atoms with van der Waals surface area (Å²) < 4.78 is 40.3. The van der Waals surface area contributed by atoms with Crippen LogP contribution < -0.4 is 0 Å². The molecule has 1 unspecified atom stereocenters. The van der Waals surface area contributed by atoms with Gasteiger partial charge in [0.25, 0.3) is 0 Å². The highest BCUT2D eigenvalue weighted by atomic mass is 19.3. The van der Waals surface area contributed by atoms with Gasteiger partial charge in [0.1, 0.15) is 0 Å². The van der Waals surface area contributed by atoms with Gasteiger partial charge in [0.15, 0.2) is 11.9 Å². The zero-order chi connectivity index (χ0) is 13.0. The standard InChI is InChI=1S/C9H16F2O5/c1-5-16-6(12)9(10,11)8(2,13)7(14-3)15-4/h7,13H,5H2,1-4H3. The molecule has 7 heteroatoms. The van der Waals surface area contributed by atoms with Gasteiger partial charge in [-0.2, -0.15) is 8.78 Å². The molecule has 0 aromatic heterocycles. The van der Waals surface area contributed by atoms with Crippen LogP contribution in [0.15, 0.2) is 0 Å². The molecule has 96 valence electrons. The Kier molecular flexibility index (Phi) is 5.24. The smallest absolute Gasteiger partial charge is 0.380 e. The minimum atomic E-state index is -4.13. The average molecular weight is 242 g/mol. The van der Waals surface area contributed by atoms with Crippen molar-refractivity contribution < 1.29 is 32.9 Å². The maximum Gasteiger partial charge on any atom is 0.380 e. The van der Waals surface area contributed by atoms with Crippen molar-refractivity contribution in [1.29, 1.82) is 0 Å². The molecule has 0 aliphatic rings. The lowest BCUT2D eigenvalue weighted by atomic mass is 9.97. The van der Waals surface area contributed by atoms with Gasteiger partial charge in [-0.3, -0.25) is 0 Å². The van der Waals surface area contributed by atoms with E-state index in [-0.39, 0.29) is 6.61 Å². The number of hydrogen-bond acceptors (Lipinski definition) is 5. The second-order valence-corrected chi connectivity index (χ2v) is 3.25. The summed E-state index contributed by atoms with van der Waals surface area (Å²) in [7, 11) is 2.15. The lowest BCUT2D eigenvalue weighted by molar-refractivity contribution is -0.284. The van der Waals surface area contributed by atoms with Crippen molar-refractivity contribution in [2.75, 3.05) is 20.8 Å². The van der Waals surface area contributed by atoms with Gasteiger partial charge in [-0.15, -0.1) is 0 Å². The molecule has 0 aromatic carbocycles. The summed E-state index contributed by atoms with van der Waals surface area (Å²) in [5, 5.41) is 9.60. The quantitative estimate of drug-likeness (QED) is 0.544.